The van der Waals surface area contributed by atoms with Gasteiger partial charge in [-0.25, -0.2) is 0 Å². The molecule has 3 fully saturated rings. The normalized spacial score (nSPS) is 24.3. The number of hydrogen-bond acceptors (Lipinski definition) is 4. The third-order valence-corrected chi connectivity index (χ3v) is 4.61. The molecule has 3 amide bonds. The molecule has 0 aromatic carbocycles. The molecule has 0 aromatic heterocycles. The predicted octanol–water partition coefficient (Wildman–Crippen LogP) is -0.500. The Balaban J connectivity index is 0.00000192. The summed E-state index contributed by atoms with van der Waals surface area (Å²) in [6.45, 7) is 2.66. The van der Waals surface area contributed by atoms with E-state index >= 15 is 0 Å². The molecule has 2 heterocycles. The Hall–Kier alpha value is -1.34. The van der Waals surface area contributed by atoms with Crippen LogP contribution >= 0.6 is 12.4 Å². The highest BCUT2D eigenvalue weighted by molar-refractivity contribution is 5.87. The maximum Gasteiger partial charge on any atom is 0.242 e. The summed E-state index contributed by atoms with van der Waals surface area (Å²) in [5.41, 5.74) is 0. The summed E-state index contributed by atoms with van der Waals surface area (Å²) < 4.78 is 0. The molecule has 130 valence electrons. The van der Waals surface area contributed by atoms with E-state index in [0.29, 0.717) is 25.7 Å². The molecule has 23 heavy (non-hydrogen) atoms. The van der Waals surface area contributed by atoms with Gasteiger partial charge in [0.2, 0.25) is 17.7 Å². The molecule has 1 aliphatic carbocycles. The SMILES string of the molecule is Cl.O=C(NCCC(=O)N1CCN(C2CC2)C(=O)C1)C1CCCN1. The van der Waals surface area contributed by atoms with E-state index in [4.69, 9.17) is 0 Å². The molecular weight excluding hydrogens is 320 g/mol. The van der Waals surface area contributed by atoms with Crippen LogP contribution in [0.2, 0.25) is 0 Å². The molecule has 2 aliphatic heterocycles. The average Bonchev–Trinajstić information content (AvgIpc) is 3.20. The van der Waals surface area contributed by atoms with Crippen LogP contribution in [0.3, 0.4) is 0 Å². The molecule has 3 aliphatic rings. The highest BCUT2D eigenvalue weighted by Crippen LogP contribution is 2.28. The van der Waals surface area contributed by atoms with Crippen molar-refractivity contribution in [2.75, 3.05) is 32.7 Å². The van der Waals surface area contributed by atoms with E-state index in [2.05, 4.69) is 10.6 Å². The van der Waals surface area contributed by atoms with Crippen LogP contribution in [-0.4, -0.2) is 72.3 Å². The Kier molecular flexibility index (Phi) is 6.24. The second-order valence-electron chi connectivity index (χ2n) is 6.32. The number of halogens is 1. The van der Waals surface area contributed by atoms with Crippen LogP contribution in [0.5, 0.6) is 0 Å². The lowest BCUT2D eigenvalue weighted by Gasteiger charge is -2.34. The molecule has 1 atom stereocenters. The molecule has 0 aromatic rings. The van der Waals surface area contributed by atoms with E-state index in [-0.39, 0.29) is 49.1 Å². The lowest BCUT2D eigenvalue weighted by atomic mass is 10.2. The monoisotopic (exact) mass is 344 g/mol. The summed E-state index contributed by atoms with van der Waals surface area (Å²) in [5, 5.41) is 5.93. The molecule has 1 saturated carbocycles. The van der Waals surface area contributed by atoms with Crippen LogP contribution in [0.15, 0.2) is 0 Å². The maximum absolute atomic E-state index is 12.1. The minimum Gasteiger partial charge on any atom is -0.354 e. The van der Waals surface area contributed by atoms with Gasteiger partial charge < -0.3 is 20.4 Å². The van der Waals surface area contributed by atoms with E-state index in [1.807, 2.05) is 4.90 Å². The van der Waals surface area contributed by atoms with Crippen molar-refractivity contribution in [3.8, 4) is 0 Å². The molecule has 8 heteroatoms. The van der Waals surface area contributed by atoms with Crippen molar-refractivity contribution >= 4 is 30.1 Å². The second-order valence-corrected chi connectivity index (χ2v) is 6.32. The summed E-state index contributed by atoms with van der Waals surface area (Å²) in [7, 11) is 0. The molecule has 3 rings (SSSR count). The van der Waals surface area contributed by atoms with E-state index in [9.17, 15) is 14.4 Å². The highest BCUT2D eigenvalue weighted by atomic mass is 35.5. The van der Waals surface area contributed by atoms with Crippen molar-refractivity contribution in [3.63, 3.8) is 0 Å². The first-order valence-electron chi connectivity index (χ1n) is 8.23. The zero-order chi connectivity index (χ0) is 15.5. The molecule has 2 N–H and O–H groups in total. The number of nitrogens with one attached hydrogen (secondary N) is 2. The van der Waals surface area contributed by atoms with Crippen LogP contribution in [0.4, 0.5) is 0 Å². The standard InChI is InChI=1S/C15H24N4O3.ClH/c20-13(5-7-17-15(22)12-2-1-6-16-12)18-8-9-19(11-3-4-11)14(21)10-18;/h11-12,16H,1-10H2,(H,17,22);1H. The smallest absolute Gasteiger partial charge is 0.242 e. The van der Waals surface area contributed by atoms with Gasteiger partial charge in [-0.15, -0.1) is 12.4 Å². The average molecular weight is 345 g/mol. The van der Waals surface area contributed by atoms with Gasteiger partial charge in [0.05, 0.1) is 12.6 Å². The van der Waals surface area contributed by atoms with Crippen molar-refractivity contribution in [1.29, 1.82) is 0 Å². The van der Waals surface area contributed by atoms with Gasteiger partial charge in [0.1, 0.15) is 0 Å². The number of carbonyl (C=O) groups excluding carboxylic acids is 3. The Bertz CT molecular complexity index is 464. The fourth-order valence-electron chi connectivity index (χ4n) is 3.15. The summed E-state index contributed by atoms with van der Waals surface area (Å²) in [6.07, 6.45) is 4.33. The zero-order valence-corrected chi connectivity index (χ0v) is 14.1. The second kappa shape index (κ2) is 7.97. The Morgan fingerprint density at radius 3 is 2.61 bits per heavy atom. The van der Waals surface area contributed by atoms with Crippen molar-refractivity contribution in [1.82, 2.24) is 20.4 Å². The fourth-order valence-corrected chi connectivity index (χ4v) is 3.15. The third kappa shape index (κ3) is 4.57. The Morgan fingerprint density at radius 1 is 1.22 bits per heavy atom. The van der Waals surface area contributed by atoms with Gasteiger partial charge in [0.15, 0.2) is 0 Å². The van der Waals surface area contributed by atoms with Crippen LogP contribution in [0.25, 0.3) is 0 Å². The van der Waals surface area contributed by atoms with E-state index in [0.717, 1.165) is 32.2 Å². The van der Waals surface area contributed by atoms with Crippen LogP contribution in [-0.2, 0) is 14.4 Å². The first-order valence-corrected chi connectivity index (χ1v) is 8.23. The lowest BCUT2D eigenvalue weighted by Crippen LogP contribution is -2.53. The van der Waals surface area contributed by atoms with Gasteiger partial charge in [-0.2, -0.15) is 0 Å². The van der Waals surface area contributed by atoms with Gasteiger partial charge in [0.25, 0.3) is 0 Å². The van der Waals surface area contributed by atoms with Crippen molar-refractivity contribution in [2.24, 2.45) is 0 Å². The minimum absolute atomic E-state index is 0. The van der Waals surface area contributed by atoms with Gasteiger partial charge in [0, 0.05) is 32.1 Å². The first kappa shape index (κ1) is 18.0. The molecule has 0 spiro atoms. The van der Waals surface area contributed by atoms with Crippen LogP contribution in [0, 0.1) is 0 Å². The lowest BCUT2D eigenvalue weighted by molar-refractivity contribution is -0.145. The third-order valence-electron chi connectivity index (χ3n) is 4.61. The topological polar surface area (TPSA) is 81.8 Å². The quantitative estimate of drug-likeness (QED) is 0.704. The van der Waals surface area contributed by atoms with E-state index in [1.165, 1.54) is 0 Å². The van der Waals surface area contributed by atoms with E-state index in [1.54, 1.807) is 4.90 Å². The molecule has 0 radical (unpaired) electrons. The predicted molar refractivity (Wildman–Crippen MR) is 87.2 cm³/mol. The summed E-state index contributed by atoms with van der Waals surface area (Å²) in [4.78, 5) is 39.5. The van der Waals surface area contributed by atoms with Gasteiger partial charge in [-0.1, -0.05) is 0 Å². The van der Waals surface area contributed by atoms with Crippen LogP contribution < -0.4 is 10.6 Å². The molecule has 1 unspecified atom stereocenters. The number of piperazine rings is 1. The number of amides is 3. The molecule has 7 nitrogen and oxygen atoms in total. The molecule has 0 bridgehead atoms. The number of rotatable bonds is 5. The largest absolute Gasteiger partial charge is 0.354 e. The number of hydrogen-bond donors (Lipinski definition) is 2. The number of carbonyl (C=O) groups is 3. The van der Waals surface area contributed by atoms with Gasteiger partial charge >= 0.3 is 0 Å². The fraction of sp³-hybridized carbons (Fsp3) is 0.800. The van der Waals surface area contributed by atoms with Crippen molar-refractivity contribution < 1.29 is 14.4 Å². The Labute approximate surface area is 142 Å². The summed E-state index contributed by atoms with van der Waals surface area (Å²) in [5.74, 6) is -0.0234. The Morgan fingerprint density at radius 2 is 2.00 bits per heavy atom. The molecular formula is C15H25ClN4O3. The minimum atomic E-state index is -0.112. The summed E-state index contributed by atoms with van der Waals surface area (Å²) >= 11 is 0. The first-order chi connectivity index (χ1) is 10.6. The van der Waals surface area contributed by atoms with E-state index < -0.39 is 0 Å². The van der Waals surface area contributed by atoms with Crippen molar-refractivity contribution in [3.05, 3.63) is 0 Å². The molecule has 2 saturated heterocycles. The van der Waals surface area contributed by atoms with Gasteiger partial charge in [-0.3, -0.25) is 14.4 Å². The van der Waals surface area contributed by atoms with Crippen molar-refractivity contribution in [2.45, 2.75) is 44.2 Å². The highest BCUT2D eigenvalue weighted by Gasteiger charge is 2.36. The maximum atomic E-state index is 12.1. The number of nitrogens with zero attached hydrogens (tertiary/aromatic N) is 2. The summed E-state index contributed by atoms with van der Waals surface area (Å²) in [6, 6.07) is 0.307. The zero-order valence-electron chi connectivity index (χ0n) is 13.3. The van der Waals surface area contributed by atoms with Crippen LogP contribution in [0.1, 0.15) is 32.1 Å². The van der Waals surface area contributed by atoms with Gasteiger partial charge in [-0.05, 0) is 32.2 Å².